The average molecular weight is 417 g/mol. The van der Waals surface area contributed by atoms with Crippen molar-refractivity contribution in [1.82, 2.24) is 20.4 Å². The second-order valence-corrected chi connectivity index (χ2v) is 8.82. The Bertz CT molecular complexity index is 913. The van der Waals surface area contributed by atoms with Crippen molar-refractivity contribution in [3.05, 3.63) is 30.5 Å². The zero-order valence-electron chi connectivity index (χ0n) is 15.4. The molecule has 0 saturated carbocycles. The van der Waals surface area contributed by atoms with E-state index >= 15 is 0 Å². The summed E-state index contributed by atoms with van der Waals surface area (Å²) in [5.41, 5.74) is 0.692. The molecule has 1 fully saturated rings. The minimum atomic E-state index is -0.119. The molecule has 0 unspecified atom stereocenters. The first-order valence-electron chi connectivity index (χ1n) is 9.12. The number of anilines is 2. The third kappa shape index (κ3) is 4.33. The average Bonchev–Trinajstić information content (AvgIpc) is 3.41. The number of aromatic nitrogens is 4. The van der Waals surface area contributed by atoms with Gasteiger partial charge in [-0.1, -0.05) is 30.0 Å². The normalized spacial score (nSPS) is 16.9. The van der Waals surface area contributed by atoms with Crippen molar-refractivity contribution in [2.24, 2.45) is 5.92 Å². The van der Waals surface area contributed by atoms with Crippen molar-refractivity contribution in [3.63, 3.8) is 0 Å². The van der Waals surface area contributed by atoms with E-state index in [1.54, 1.807) is 18.0 Å². The van der Waals surface area contributed by atoms with Gasteiger partial charge in [0, 0.05) is 13.1 Å². The van der Waals surface area contributed by atoms with Gasteiger partial charge in [0.2, 0.25) is 11.0 Å². The van der Waals surface area contributed by atoms with Crippen LogP contribution in [0, 0.1) is 5.92 Å². The first kappa shape index (κ1) is 18.9. The van der Waals surface area contributed by atoms with Crippen molar-refractivity contribution >= 4 is 40.0 Å². The van der Waals surface area contributed by atoms with Crippen LogP contribution in [0.15, 0.2) is 39.3 Å². The molecule has 8 nitrogen and oxygen atoms in total. The van der Waals surface area contributed by atoms with Gasteiger partial charge in [0.25, 0.3) is 0 Å². The summed E-state index contributed by atoms with van der Waals surface area (Å²) in [6, 6.07) is 7.48. The Labute approximate surface area is 170 Å². The van der Waals surface area contributed by atoms with Crippen LogP contribution in [0.25, 0.3) is 11.5 Å². The monoisotopic (exact) mass is 416 g/mol. The van der Waals surface area contributed by atoms with Gasteiger partial charge in [-0.2, -0.15) is 0 Å². The Hall–Kier alpha value is -2.46. The topological polar surface area (TPSA) is 97.0 Å². The molecular formula is C18H20N6O2S2. The maximum Gasteiger partial charge on any atom is 0.231 e. The van der Waals surface area contributed by atoms with Gasteiger partial charge in [-0.05, 0) is 42.9 Å². The summed E-state index contributed by atoms with van der Waals surface area (Å²) in [7, 11) is 0. The first-order chi connectivity index (χ1) is 13.7. The molecule has 1 atom stereocenters. The lowest BCUT2D eigenvalue weighted by molar-refractivity contribution is -0.120. The summed E-state index contributed by atoms with van der Waals surface area (Å²) >= 11 is 3.03. The van der Waals surface area contributed by atoms with Crippen LogP contribution < -0.4 is 10.2 Å². The van der Waals surface area contributed by atoms with Gasteiger partial charge in [-0.3, -0.25) is 4.79 Å². The van der Waals surface area contributed by atoms with Crippen LogP contribution in [-0.2, 0) is 4.79 Å². The highest BCUT2D eigenvalue weighted by atomic mass is 32.2. The predicted molar refractivity (Wildman–Crippen MR) is 110 cm³/mol. The number of thioether (sulfide) groups is 1. The largest absolute Gasteiger partial charge is 0.463 e. The van der Waals surface area contributed by atoms with Gasteiger partial charge in [-0.25, -0.2) is 0 Å². The number of piperidine rings is 1. The Morgan fingerprint density at radius 1 is 1.32 bits per heavy atom. The number of furan rings is 1. The summed E-state index contributed by atoms with van der Waals surface area (Å²) in [5.74, 6) is 2.25. The van der Waals surface area contributed by atoms with Crippen LogP contribution in [0.2, 0.25) is 0 Å². The fraction of sp³-hybridized carbons (Fsp3) is 0.389. The molecule has 1 saturated heterocycles. The van der Waals surface area contributed by atoms with Crippen molar-refractivity contribution < 1.29 is 9.21 Å². The third-order valence-corrected chi connectivity index (χ3v) is 6.30. The number of amides is 1. The minimum Gasteiger partial charge on any atom is -0.463 e. The molecule has 10 heteroatoms. The number of hydrogen-bond donors (Lipinski definition) is 1. The molecule has 28 heavy (non-hydrogen) atoms. The van der Waals surface area contributed by atoms with Gasteiger partial charge in [0.1, 0.15) is 5.69 Å². The molecule has 1 aliphatic heterocycles. The minimum absolute atomic E-state index is 0.0194. The van der Waals surface area contributed by atoms with Gasteiger partial charge in [-0.15, -0.1) is 20.4 Å². The molecule has 4 heterocycles. The summed E-state index contributed by atoms with van der Waals surface area (Å²) < 4.78 is 6.22. The number of nitrogens with one attached hydrogen (secondary N) is 1. The molecule has 3 aromatic heterocycles. The first-order valence-corrected chi connectivity index (χ1v) is 10.9. The smallest absolute Gasteiger partial charge is 0.231 e. The third-order valence-electron chi connectivity index (χ3n) is 4.44. The highest BCUT2D eigenvalue weighted by Crippen LogP contribution is 2.27. The molecule has 0 spiro atoms. The quantitative estimate of drug-likeness (QED) is 0.481. The van der Waals surface area contributed by atoms with E-state index in [9.17, 15) is 4.79 Å². The van der Waals surface area contributed by atoms with Crippen molar-refractivity contribution in [2.45, 2.75) is 24.1 Å². The Kier molecular flexibility index (Phi) is 5.87. The molecule has 1 N–H and O–H groups in total. The second-order valence-electron chi connectivity index (χ2n) is 6.33. The molecule has 1 amide bonds. The molecule has 146 valence electrons. The van der Waals surface area contributed by atoms with Crippen LogP contribution in [-0.4, -0.2) is 45.1 Å². The fourth-order valence-electron chi connectivity index (χ4n) is 3.10. The molecule has 0 aromatic carbocycles. The van der Waals surface area contributed by atoms with E-state index in [1.807, 2.05) is 24.3 Å². The Morgan fingerprint density at radius 2 is 2.25 bits per heavy atom. The lowest BCUT2D eigenvalue weighted by Gasteiger charge is -2.32. The molecule has 3 aromatic rings. The number of nitrogens with zero attached hydrogens (tertiary/aromatic N) is 5. The van der Waals surface area contributed by atoms with Gasteiger partial charge in [0.05, 0.1) is 12.2 Å². The molecule has 0 aliphatic carbocycles. The zero-order chi connectivity index (χ0) is 19.3. The van der Waals surface area contributed by atoms with Gasteiger partial charge in [0.15, 0.2) is 15.9 Å². The van der Waals surface area contributed by atoms with Crippen molar-refractivity contribution in [1.29, 1.82) is 0 Å². The van der Waals surface area contributed by atoms with Crippen LogP contribution in [0.1, 0.15) is 19.8 Å². The lowest BCUT2D eigenvalue weighted by atomic mass is 9.97. The molecule has 1 aliphatic rings. The zero-order valence-corrected chi connectivity index (χ0v) is 17.0. The van der Waals surface area contributed by atoms with Gasteiger partial charge < -0.3 is 14.6 Å². The van der Waals surface area contributed by atoms with Crippen molar-refractivity contribution in [3.8, 4) is 11.5 Å². The van der Waals surface area contributed by atoms with Gasteiger partial charge >= 0.3 is 0 Å². The van der Waals surface area contributed by atoms with Crippen molar-refractivity contribution in [2.75, 3.05) is 29.1 Å². The number of carbonyl (C=O) groups excluding carboxylic acids is 1. The number of carbonyl (C=O) groups is 1. The maximum absolute atomic E-state index is 12.7. The highest BCUT2D eigenvalue weighted by molar-refractivity contribution is 8.01. The summed E-state index contributed by atoms with van der Waals surface area (Å²) in [6.07, 6.45) is 3.38. The molecular weight excluding hydrogens is 396 g/mol. The Morgan fingerprint density at radius 3 is 3.00 bits per heavy atom. The molecule has 0 bridgehead atoms. The number of hydrogen-bond acceptors (Lipinski definition) is 9. The van der Waals surface area contributed by atoms with E-state index in [2.05, 4.69) is 37.5 Å². The van der Waals surface area contributed by atoms with E-state index < -0.39 is 0 Å². The lowest BCUT2D eigenvalue weighted by Crippen LogP contribution is -2.41. The van der Waals surface area contributed by atoms with E-state index in [4.69, 9.17) is 4.42 Å². The summed E-state index contributed by atoms with van der Waals surface area (Å²) in [4.78, 5) is 14.8. The van der Waals surface area contributed by atoms with Crippen LogP contribution >= 0.6 is 23.1 Å². The highest BCUT2D eigenvalue weighted by Gasteiger charge is 2.27. The maximum atomic E-state index is 12.7. The van der Waals surface area contributed by atoms with E-state index in [0.717, 1.165) is 35.3 Å². The standard InChI is InChI=1S/C18H20N6O2S2/c1-2-27-18-23-22-17(28-18)19-16(25)12-5-3-9-24(11-12)15-8-7-13(20-21-15)14-6-4-10-26-14/h4,6-8,10,12H,2-3,5,9,11H2,1H3,(H,19,22,25)/t12-/m0/s1. The van der Waals surface area contributed by atoms with E-state index in [-0.39, 0.29) is 11.8 Å². The van der Waals surface area contributed by atoms with E-state index in [0.29, 0.717) is 23.1 Å². The summed E-state index contributed by atoms with van der Waals surface area (Å²) in [5, 5.41) is 20.2. The van der Waals surface area contributed by atoms with Crippen LogP contribution in [0.4, 0.5) is 10.9 Å². The molecule has 0 radical (unpaired) electrons. The second kappa shape index (κ2) is 8.70. The summed E-state index contributed by atoms with van der Waals surface area (Å²) in [6.45, 7) is 3.52. The van der Waals surface area contributed by atoms with E-state index in [1.165, 1.54) is 11.3 Å². The predicted octanol–water partition coefficient (Wildman–Crippen LogP) is 3.56. The fourth-order valence-corrected chi connectivity index (χ4v) is 4.75. The number of rotatable bonds is 6. The molecule has 4 rings (SSSR count). The van der Waals surface area contributed by atoms with Crippen LogP contribution in [0.3, 0.4) is 0 Å². The Balaban J connectivity index is 1.38. The van der Waals surface area contributed by atoms with Crippen LogP contribution in [0.5, 0.6) is 0 Å². The SMILES string of the molecule is CCSc1nnc(NC(=O)[C@H]2CCCN(c3ccc(-c4ccco4)nn3)C2)s1.